The topological polar surface area (TPSA) is 57.2 Å². The zero-order valence-corrected chi connectivity index (χ0v) is 11.7. The molecule has 2 atom stereocenters. The third-order valence-corrected chi connectivity index (χ3v) is 4.00. The van der Waals surface area contributed by atoms with Crippen molar-refractivity contribution in [1.82, 2.24) is 4.57 Å². The van der Waals surface area contributed by atoms with Crippen molar-refractivity contribution in [3.8, 4) is 0 Å². The van der Waals surface area contributed by atoms with Crippen molar-refractivity contribution in [2.45, 2.75) is 45.1 Å². The Hall–Kier alpha value is -1.65. The number of nitrogens with two attached hydrogens (primary N) is 1. The number of benzene rings is 1. The predicted octanol–water partition coefficient (Wildman–Crippen LogP) is 2.03. The van der Waals surface area contributed by atoms with Gasteiger partial charge in [-0.25, -0.2) is 0 Å². The molecule has 1 aliphatic heterocycles. The van der Waals surface area contributed by atoms with Crippen LogP contribution in [-0.4, -0.2) is 16.8 Å². The van der Waals surface area contributed by atoms with E-state index in [1.807, 2.05) is 34.9 Å². The number of rotatable bonds is 3. The van der Waals surface area contributed by atoms with Gasteiger partial charge < -0.3 is 15.0 Å². The molecule has 0 amide bonds. The maximum Gasteiger partial charge on any atom is 0.255 e. The van der Waals surface area contributed by atoms with E-state index in [2.05, 4.69) is 6.92 Å². The fourth-order valence-electron chi connectivity index (χ4n) is 2.94. The van der Waals surface area contributed by atoms with Gasteiger partial charge in [-0.1, -0.05) is 18.2 Å². The zero-order chi connectivity index (χ0) is 14.1. The van der Waals surface area contributed by atoms with E-state index in [0.29, 0.717) is 18.2 Å². The van der Waals surface area contributed by atoms with E-state index in [0.717, 1.165) is 23.7 Å². The highest BCUT2D eigenvalue weighted by Gasteiger charge is 2.23. The molecule has 2 heterocycles. The molecule has 106 valence electrons. The number of hydrogen-bond acceptors (Lipinski definition) is 3. The Morgan fingerprint density at radius 1 is 1.35 bits per heavy atom. The second-order valence-electron chi connectivity index (χ2n) is 5.49. The van der Waals surface area contributed by atoms with Crippen LogP contribution in [0.3, 0.4) is 0 Å². The summed E-state index contributed by atoms with van der Waals surface area (Å²) in [5.41, 5.74) is 7.32. The Balaban J connectivity index is 2.07. The number of para-hydroxylation sites is 1. The van der Waals surface area contributed by atoms with Gasteiger partial charge in [-0.05, 0) is 37.3 Å². The summed E-state index contributed by atoms with van der Waals surface area (Å²) in [6.45, 7) is 2.96. The van der Waals surface area contributed by atoms with Crippen LogP contribution in [0.5, 0.6) is 0 Å². The Morgan fingerprint density at radius 2 is 2.15 bits per heavy atom. The zero-order valence-electron chi connectivity index (χ0n) is 11.7. The molecule has 3 rings (SSSR count). The first kappa shape index (κ1) is 13.3. The summed E-state index contributed by atoms with van der Waals surface area (Å²) in [5, 5.41) is 1.05. The maximum atomic E-state index is 12.5. The summed E-state index contributed by atoms with van der Waals surface area (Å²) in [4.78, 5) is 12.5. The van der Waals surface area contributed by atoms with Crippen molar-refractivity contribution < 1.29 is 4.74 Å². The number of ether oxygens (including phenoxy) is 1. The molecule has 1 aromatic heterocycles. The second-order valence-corrected chi connectivity index (χ2v) is 5.49. The van der Waals surface area contributed by atoms with Crippen LogP contribution in [0.25, 0.3) is 10.9 Å². The van der Waals surface area contributed by atoms with E-state index < -0.39 is 0 Å². The molecule has 1 saturated heterocycles. The Labute approximate surface area is 118 Å². The molecule has 1 aliphatic rings. The van der Waals surface area contributed by atoms with Crippen molar-refractivity contribution in [3.63, 3.8) is 0 Å². The van der Waals surface area contributed by atoms with E-state index in [4.69, 9.17) is 10.5 Å². The van der Waals surface area contributed by atoms with Gasteiger partial charge in [0.15, 0.2) is 0 Å². The van der Waals surface area contributed by atoms with E-state index in [1.54, 1.807) is 0 Å². The third-order valence-electron chi connectivity index (χ3n) is 4.00. The van der Waals surface area contributed by atoms with Gasteiger partial charge >= 0.3 is 0 Å². The smallest absolute Gasteiger partial charge is 0.255 e. The van der Waals surface area contributed by atoms with Gasteiger partial charge in [0.1, 0.15) is 0 Å². The van der Waals surface area contributed by atoms with Crippen LogP contribution in [-0.2, 0) is 17.8 Å². The molecule has 20 heavy (non-hydrogen) atoms. The molecular formula is C16H20N2O2. The van der Waals surface area contributed by atoms with Crippen molar-refractivity contribution in [2.24, 2.45) is 5.73 Å². The average molecular weight is 272 g/mol. The first-order chi connectivity index (χ1) is 9.69. The molecule has 0 radical (unpaired) electrons. The van der Waals surface area contributed by atoms with Crippen LogP contribution in [0.1, 0.15) is 25.3 Å². The maximum absolute atomic E-state index is 12.5. The van der Waals surface area contributed by atoms with Crippen LogP contribution in [0.4, 0.5) is 0 Å². The summed E-state index contributed by atoms with van der Waals surface area (Å²) in [5.74, 6) is 0. The van der Waals surface area contributed by atoms with Gasteiger partial charge in [-0.15, -0.1) is 0 Å². The third kappa shape index (κ3) is 2.37. The molecule has 0 bridgehead atoms. The number of aromatic nitrogens is 1. The average Bonchev–Trinajstić information content (AvgIpc) is 2.87. The van der Waals surface area contributed by atoms with Gasteiger partial charge in [0.05, 0.1) is 24.3 Å². The predicted molar refractivity (Wildman–Crippen MR) is 79.7 cm³/mol. The van der Waals surface area contributed by atoms with Crippen molar-refractivity contribution in [1.29, 1.82) is 0 Å². The van der Waals surface area contributed by atoms with E-state index >= 15 is 0 Å². The molecule has 4 nitrogen and oxygen atoms in total. The van der Waals surface area contributed by atoms with Crippen LogP contribution >= 0.6 is 0 Å². The van der Waals surface area contributed by atoms with Crippen molar-refractivity contribution >= 4 is 10.9 Å². The van der Waals surface area contributed by atoms with Crippen LogP contribution < -0.4 is 11.3 Å². The molecule has 0 aliphatic carbocycles. The lowest BCUT2D eigenvalue weighted by Gasteiger charge is -2.16. The molecule has 2 unspecified atom stereocenters. The lowest BCUT2D eigenvalue weighted by Crippen LogP contribution is -2.30. The minimum atomic E-state index is 0.00866. The number of hydrogen-bond donors (Lipinski definition) is 1. The van der Waals surface area contributed by atoms with Gasteiger partial charge in [0, 0.05) is 12.1 Å². The fourth-order valence-corrected chi connectivity index (χ4v) is 2.94. The van der Waals surface area contributed by atoms with Crippen LogP contribution in [0.2, 0.25) is 0 Å². The highest BCUT2D eigenvalue weighted by atomic mass is 16.5. The van der Waals surface area contributed by atoms with Gasteiger partial charge in [-0.3, -0.25) is 4.79 Å². The standard InChI is InChI=1S/C16H20N2O2/c1-11-6-7-14(20-11)10-18-15-5-3-2-4-12(15)8-13(9-17)16(18)19/h2-5,8,11,14H,6-7,9-10,17H2,1H3. The molecule has 1 fully saturated rings. The first-order valence-corrected chi connectivity index (χ1v) is 7.16. The Kier molecular flexibility index (Phi) is 3.59. The minimum absolute atomic E-state index is 0.00866. The number of nitrogens with zero attached hydrogens (tertiary/aromatic N) is 1. The van der Waals surface area contributed by atoms with Gasteiger partial charge in [0.25, 0.3) is 5.56 Å². The molecule has 0 spiro atoms. The van der Waals surface area contributed by atoms with E-state index in [9.17, 15) is 4.79 Å². The molecule has 1 aromatic carbocycles. The summed E-state index contributed by atoms with van der Waals surface area (Å²) in [6, 6.07) is 9.83. The van der Waals surface area contributed by atoms with Gasteiger partial charge in [0.2, 0.25) is 0 Å². The fraction of sp³-hybridized carbons (Fsp3) is 0.438. The molecule has 0 saturated carbocycles. The summed E-state index contributed by atoms with van der Waals surface area (Å²) >= 11 is 0. The summed E-state index contributed by atoms with van der Waals surface area (Å²) in [6.07, 6.45) is 2.49. The minimum Gasteiger partial charge on any atom is -0.373 e. The summed E-state index contributed by atoms with van der Waals surface area (Å²) in [7, 11) is 0. The quantitative estimate of drug-likeness (QED) is 0.930. The largest absolute Gasteiger partial charge is 0.373 e. The first-order valence-electron chi connectivity index (χ1n) is 7.16. The van der Waals surface area contributed by atoms with Crippen LogP contribution in [0.15, 0.2) is 35.1 Å². The molecular weight excluding hydrogens is 252 g/mol. The molecule has 4 heteroatoms. The van der Waals surface area contributed by atoms with Gasteiger partial charge in [-0.2, -0.15) is 0 Å². The highest BCUT2D eigenvalue weighted by Crippen LogP contribution is 2.22. The van der Waals surface area contributed by atoms with Crippen molar-refractivity contribution in [2.75, 3.05) is 0 Å². The molecule has 2 N–H and O–H groups in total. The molecule has 2 aromatic rings. The number of pyridine rings is 1. The Morgan fingerprint density at radius 3 is 2.85 bits per heavy atom. The normalized spacial score (nSPS) is 22.5. The monoisotopic (exact) mass is 272 g/mol. The second kappa shape index (κ2) is 5.38. The van der Waals surface area contributed by atoms with E-state index in [1.165, 1.54) is 0 Å². The van der Waals surface area contributed by atoms with Crippen molar-refractivity contribution in [3.05, 3.63) is 46.2 Å². The SMILES string of the molecule is CC1CCC(Cn2c(=O)c(CN)cc3ccccc32)O1. The lowest BCUT2D eigenvalue weighted by atomic mass is 10.1. The van der Waals surface area contributed by atoms with E-state index in [-0.39, 0.29) is 18.2 Å². The summed E-state index contributed by atoms with van der Waals surface area (Å²) < 4.78 is 7.67. The highest BCUT2D eigenvalue weighted by molar-refractivity contribution is 5.79. The lowest BCUT2D eigenvalue weighted by molar-refractivity contribution is 0.0459. The Bertz CT molecular complexity index is 678. The number of fused-ring (bicyclic) bond motifs is 1. The van der Waals surface area contributed by atoms with Crippen LogP contribution in [0, 0.1) is 0 Å².